The molecule has 0 aromatic carbocycles. The van der Waals surface area contributed by atoms with Crippen LogP contribution in [-0.2, 0) is 4.74 Å². The Bertz CT molecular complexity index is 953. The molecule has 1 aliphatic rings. The second-order valence-corrected chi connectivity index (χ2v) is 7.34. The van der Waals surface area contributed by atoms with Crippen molar-refractivity contribution >= 4 is 28.8 Å². The lowest BCUT2D eigenvalue weighted by atomic mass is 10.2. The van der Waals surface area contributed by atoms with Crippen LogP contribution < -0.4 is 4.74 Å². The van der Waals surface area contributed by atoms with Gasteiger partial charge < -0.3 is 14.4 Å². The van der Waals surface area contributed by atoms with Gasteiger partial charge in [0.15, 0.2) is 10.9 Å². The van der Waals surface area contributed by atoms with E-state index >= 15 is 0 Å². The number of thiazole rings is 1. The lowest BCUT2D eigenvalue weighted by molar-refractivity contribution is -0.0402. The third kappa shape index (κ3) is 4.30. The molecule has 3 aromatic rings. The molecule has 1 saturated heterocycles. The zero-order valence-corrected chi connectivity index (χ0v) is 16.4. The Labute approximate surface area is 170 Å². The van der Waals surface area contributed by atoms with Gasteiger partial charge in [0.1, 0.15) is 23.4 Å². The van der Waals surface area contributed by atoms with Gasteiger partial charge in [-0.15, -0.1) is 11.3 Å². The summed E-state index contributed by atoms with van der Waals surface area (Å²) >= 11 is 7.44. The number of amides is 1. The Kier molecular flexibility index (Phi) is 5.80. The molecule has 0 bridgehead atoms. The summed E-state index contributed by atoms with van der Waals surface area (Å²) < 4.78 is 11.4. The smallest absolute Gasteiger partial charge is 0.273 e. The van der Waals surface area contributed by atoms with Crippen LogP contribution in [0.1, 0.15) is 10.5 Å². The highest BCUT2D eigenvalue weighted by Gasteiger charge is 2.27. The molecule has 0 radical (unpaired) electrons. The average molecular weight is 417 g/mol. The van der Waals surface area contributed by atoms with Gasteiger partial charge in [0.05, 0.1) is 13.2 Å². The van der Waals surface area contributed by atoms with E-state index in [-0.39, 0.29) is 18.6 Å². The van der Waals surface area contributed by atoms with Crippen molar-refractivity contribution in [1.82, 2.24) is 19.9 Å². The molecule has 1 atom stereocenters. The normalized spacial score (nSPS) is 16.8. The van der Waals surface area contributed by atoms with Gasteiger partial charge in [-0.1, -0.05) is 11.6 Å². The largest absolute Gasteiger partial charge is 0.488 e. The molecule has 1 amide bonds. The number of pyridine rings is 2. The number of halogens is 1. The van der Waals surface area contributed by atoms with E-state index in [1.165, 1.54) is 11.3 Å². The average Bonchev–Trinajstić information content (AvgIpc) is 3.24. The van der Waals surface area contributed by atoms with Crippen LogP contribution in [0, 0.1) is 0 Å². The van der Waals surface area contributed by atoms with E-state index in [1.807, 2.05) is 12.1 Å². The first kappa shape index (κ1) is 18.8. The van der Waals surface area contributed by atoms with E-state index in [0.717, 1.165) is 10.6 Å². The van der Waals surface area contributed by atoms with Crippen molar-refractivity contribution in [3.05, 3.63) is 59.1 Å². The number of ether oxygens (including phenoxy) is 2. The molecule has 28 heavy (non-hydrogen) atoms. The molecule has 7 nitrogen and oxygen atoms in total. The fraction of sp³-hybridized carbons (Fsp3) is 0.263. The van der Waals surface area contributed by atoms with Crippen molar-refractivity contribution in [1.29, 1.82) is 0 Å². The summed E-state index contributed by atoms with van der Waals surface area (Å²) in [4.78, 5) is 27.1. The van der Waals surface area contributed by atoms with Gasteiger partial charge in [-0.25, -0.2) is 9.97 Å². The van der Waals surface area contributed by atoms with Gasteiger partial charge in [-0.05, 0) is 24.3 Å². The minimum absolute atomic E-state index is 0.107. The topological polar surface area (TPSA) is 77.4 Å². The molecule has 0 saturated carbocycles. The standard InChI is InChI=1S/C19H17ClN4O3S/c20-17-16(2-1-5-22-17)27-11-14-10-24(8-9-26-14)19(25)15-12-28-18(23-15)13-3-6-21-7-4-13/h1-7,12,14H,8-11H2. The van der Waals surface area contributed by atoms with E-state index in [1.54, 1.807) is 41.0 Å². The van der Waals surface area contributed by atoms with Crippen LogP contribution in [0.3, 0.4) is 0 Å². The molecular weight excluding hydrogens is 400 g/mol. The number of carbonyl (C=O) groups excluding carboxylic acids is 1. The molecule has 144 valence electrons. The van der Waals surface area contributed by atoms with Crippen LogP contribution in [0.2, 0.25) is 5.15 Å². The number of hydrogen-bond donors (Lipinski definition) is 0. The van der Waals surface area contributed by atoms with Crippen molar-refractivity contribution in [2.45, 2.75) is 6.10 Å². The van der Waals surface area contributed by atoms with Crippen LogP contribution in [-0.4, -0.2) is 58.2 Å². The highest BCUT2D eigenvalue weighted by atomic mass is 35.5. The molecule has 1 unspecified atom stereocenters. The summed E-state index contributed by atoms with van der Waals surface area (Å²) in [5.74, 6) is 0.391. The third-order valence-corrected chi connectivity index (χ3v) is 5.40. The Hall–Kier alpha value is -2.55. The summed E-state index contributed by atoms with van der Waals surface area (Å²) in [7, 11) is 0. The predicted molar refractivity (Wildman–Crippen MR) is 106 cm³/mol. The number of morpholine rings is 1. The van der Waals surface area contributed by atoms with Crippen molar-refractivity contribution in [3.8, 4) is 16.3 Å². The van der Waals surface area contributed by atoms with Crippen LogP contribution in [0.4, 0.5) is 0 Å². The molecule has 0 aliphatic carbocycles. The number of carbonyl (C=O) groups is 1. The Balaban J connectivity index is 1.38. The summed E-state index contributed by atoms with van der Waals surface area (Å²) in [6.45, 7) is 1.68. The minimum Gasteiger partial charge on any atom is -0.488 e. The maximum atomic E-state index is 12.8. The third-order valence-electron chi connectivity index (χ3n) is 4.23. The summed E-state index contributed by atoms with van der Waals surface area (Å²) in [5.41, 5.74) is 1.38. The van der Waals surface area contributed by atoms with Gasteiger partial charge in [-0.3, -0.25) is 9.78 Å². The van der Waals surface area contributed by atoms with Crippen molar-refractivity contribution in [2.24, 2.45) is 0 Å². The summed E-state index contributed by atoms with van der Waals surface area (Å²) in [6.07, 6.45) is 4.77. The Morgan fingerprint density at radius 2 is 2.18 bits per heavy atom. The minimum atomic E-state index is -0.243. The zero-order valence-electron chi connectivity index (χ0n) is 14.8. The van der Waals surface area contributed by atoms with Gasteiger partial charge >= 0.3 is 0 Å². The van der Waals surface area contributed by atoms with E-state index in [0.29, 0.717) is 36.3 Å². The highest BCUT2D eigenvalue weighted by Crippen LogP contribution is 2.24. The summed E-state index contributed by atoms with van der Waals surface area (Å²) in [5, 5.41) is 2.89. The van der Waals surface area contributed by atoms with E-state index in [4.69, 9.17) is 21.1 Å². The molecule has 3 aromatic heterocycles. The molecule has 4 rings (SSSR count). The van der Waals surface area contributed by atoms with Gasteiger partial charge in [0.25, 0.3) is 5.91 Å². The van der Waals surface area contributed by atoms with Gasteiger partial charge in [-0.2, -0.15) is 0 Å². The van der Waals surface area contributed by atoms with Gasteiger partial charge in [0, 0.05) is 36.1 Å². The molecule has 0 N–H and O–H groups in total. The number of nitrogens with zero attached hydrogens (tertiary/aromatic N) is 4. The lowest BCUT2D eigenvalue weighted by Gasteiger charge is -2.32. The second kappa shape index (κ2) is 8.64. The van der Waals surface area contributed by atoms with Crippen LogP contribution in [0.25, 0.3) is 10.6 Å². The lowest BCUT2D eigenvalue weighted by Crippen LogP contribution is -2.47. The molecule has 9 heteroatoms. The van der Waals surface area contributed by atoms with E-state index in [2.05, 4.69) is 15.0 Å². The zero-order chi connectivity index (χ0) is 19.3. The molecule has 1 aliphatic heterocycles. The SMILES string of the molecule is O=C(c1csc(-c2ccncc2)n1)N1CCOC(COc2cccnc2Cl)C1. The second-order valence-electron chi connectivity index (χ2n) is 6.12. The van der Waals surface area contributed by atoms with Crippen molar-refractivity contribution < 1.29 is 14.3 Å². The fourth-order valence-electron chi connectivity index (χ4n) is 2.83. The summed E-state index contributed by atoms with van der Waals surface area (Å²) in [6, 6.07) is 7.25. The maximum Gasteiger partial charge on any atom is 0.273 e. The quantitative estimate of drug-likeness (QED) is 0.594. The molecule has 0 spiro atoms. The first-order valence-electron chi connectivity index (χ1n) is 8.71. The molecular formula is C19H17ClN4O3S. The number of rotatable bonds is 5. The van der Waals surface area contributed by atoms with Crippen molar-refractivity contribution in [2.75, 3.05) is 26.3 Å². The first-order chi connectivity index (χ1) is 13.7. The molecule has 1 fully saturated rings. The first-order valence-corrected chi connectivity index (χ1v) is 9.96. The van der Waals surface area contributed by atoms with Gasteiger partial charge in [0.2, 0.25) is 0 Å². The molecule has 4 heterocycles. The van der Waals surface area contributed by atoms with Crippen molar-refractivity contribution in [3.63, 3.8) is 0 Å². The van der Waals surface area contributed by atoms with Crippen LogP contribution in [0.5, 0.6) is 5.75 Å². The maximum absolute atomic E-state index is 12.8. The van der Waals surface area contributed by atoms with Crippen LogP contribution in [0.15, 0.2) is 48.2 Å². The van der Waals surface area contributed by atoms with E-state index in [9.17, 15) is 4.79 Å². The number of hydrogen-bond acceptors (Lipinski definition) is 7. The fourth-order valence-corrected chi connectivity index (χ4v) is 3.80. The van der Waals surface area contributed by atoms with E-state index < -0.39 is 0 Å². The Morgan fingerprint density at radius 1 is 1.32 bits per heavy atom. The Morgan fingerprint density at radius 3 is 3.00 bits per heavy atom. The number of aromatic nitrogens is 3. The monoisotopic (exact) mass is 416 g/mol. The highest BCUT2D eigenvalue weighted by molar-refractivity contribution is 7.13. The predicted octanol–water partition coefficient (Wildman–Crippen LogP) is 3.17. The van der Waals surface area contributed by atoms with Crippen LogP contribution >= 0.6 is 22.9 Å².